The quantitative estimate of drug-likeness (QED) is 0.541. The molecule has 3 N–H and O–H groups in total. The highest BCUT2D eigenvalue weighted by molar-refractivity contribution is 6.00. The topological polar surface area (TPSA) is 93.2 Å². The first-order valence-electron chi connectivity index (χ1n) is 12.9. The molecule has 1 atom stereocenters. The van der Waals surface area contributed by atoms with E-state index in [2.05, 4.69) is 31.0 Å². The van der Waals surface area contributed by atoms with Crippen LogP contribution in [-0.2, 0) is 17.8 Å². The molecule has 1 aliphatic carbocycles. The van der Waals surface area contributed by atoms with Crippen LogP contribution in [0.3, 0.4) is 0 Å². The van der Waals surface area contributed by atoms with Crippen LogP contribution in [0.15, 0.2) is 66.9 Å². The fourth-order valence-electron chi connectivity index (χ4n) is 5.06. The summed E-state index contributed by atoms with van der Waals surface area (Å²) in [6, 6.07) is 10.2. The lowest BCUT2D eigenvalue weighted by Gasteiger charge is -2.44. The van der Waals surface area contributed by atoms with E-state index < -0.39 is 5.54 Å². The average Bonchev–Trinajstić information content (AvgIpc) is 3.32. The maximum absolute atomic E-state index is 13.9. The Kier molecular flexibility index (Phi) is 7.77. The van der Waals surface area contributed by atoms with Gasteiger partial charge in [-0.1, -0.05) is 75.3 Å². The third kappa shape index (κ3) is 5.15. The molecule has 7 heteroatoms. The summed E-state index contributed by atoms with van der Waals surface area (Å²) in [5, 5.41) is 7.99. The zero-order valence-corrected chi connectivity index (χ0v) is 21.4. The molecule has 2 amide bonds. The van der Waals surface area contributed by atoms with E-state index in [4.69, 9.17) is 10.8 Å². The number of hydrogen-bond donors (Lipinski definition) is 2. The van der Waals surface area contributed by atoms with E-state index in [1.54, 1.807) is 21.7 Å². The fourth-order valence-corrected chi connectivity index (χ4v) is 5.06. The van der Waals surface area contributed by atoms with Gasteiger partial charge in [-0.3, -0.25) is 14.3 Å². The number of aryl methyl sites for hydroxylation is 1. The number of aromatic nitrogens is 2. The SMILES string of the molecule is C=C/C=C\C(=C/N)CN1C(=O)c2cc(-c3ccc(CC)cc3)nn2CC1(C)C(=O)NC1CCCCC1. The van der Waals surface area contributed by atoms with Crippen molar-refractivity contribution in [2.75, 3.05) is 6.54 Å². The highest BCUT2D eigenvalue weighted by atomic mass is 16.2. The average molecular weight is 488 g/mol. The largest absolute Gasteiger partial charge is 0.404 e. The van der Waals surface area contributed by atoms with Gasteiger partial charge in [0.25, 0.3) is 5.91 Å². The minimum Gasteiger partial charge on any atom is -0.404 e. The van der Waals surface area contributed by atoms with Gasteiger partial charge < -0.3 is 16.0 Å². The zero-order chi connectivity index (χ0) is 25.7. The number of benzene rings is 1. The van der Waals surface area contributed by atoms with Gasteiger partial charge in [-0.15, -0.1) is 0 Å². The molecular weight excluding hydrogens is 450 g/mol. The Morgan fingerprint density at radius 3 is 2.61 bits per heavy atom. The van der Waals surface area contributed by atoms with E-state index in [-0.39, 0.29) is 30.9 Å². The second kappa shape index (κ2) is 11.0. The summed E-state index contributed by atoms with van der Waals surface area (Å²) < 4.78 is 1.69. The van der Waals surface area contributed by atoms with Gasteiger partial charge in [0.05, 0.1) is 12.2 Å². The van der Waals surface area contributed by atoms with Crippen molar-refractivity contribution in [1.82, 2.24) is 20.0 Å². The molecule has 36 heavy (non-hydrogen) atoms. The number of hydrogen-bond acceptors (Lipinski definition) is 4. The van der Waals surface area contributed by atoms with Gasteiger partial charge in [0.1, 0.15) is 11.2 Å². The molecule has 2 aromatic rings. The van der Waals surface area contributed by atoms with Crippen molar-refractivity contribution in [3.8, 4) is 11.3 Å². The number of carbonyl (C=O) groups is 2. The number of nitrogens with zero attached hydrogens (tertiary/aromatic N) is 3. The molecule has 0 radical (unpaired) electrons. The lowest BCUT2D eigenvalue weighted by atomic mass is 9.91. The minimum absolute atomic E-state index is 0.136. The summed E-state index contributed by atoms with van der Waals surface area (Å²) in [5.41, 5.74) is 8.87. The molecule has 4 rings (SSSR count). The van der Waals surface area contributed by atoms with E-state index in [9.17, 15) is 9.59 Å². The number of fused-ring (bicyclic) bond motifs is 1. The van der Waals surface area contributed by atoms with Gasteiger partial charge in [0.2, 0.25) is 5.91 Å². The second-order valence-corrected chi connectivity index (χ2v) is 9.93. The first-order chi connectivity index (χ1) is 17.4. The van der Waals surface area contributed by atoms with Crippen molar-refractivity contribution >= 4 is 11.8 Å². The van der Waals surface area contributed by atoms with E-state index in [1.807, 2.05) is 31.2 Å². The molecule has 1 aliphatic heterocycles. The van der Waals surface area contributed by atoms with Crippen molar-refractivity contribution < 1.29 is 9.59 Å². The van der Waals surface area contributed by atoms with Crippen LogP contribution in [-0.4, -0.2) is 44.6 Å². The second-order valence-electron chi connectivity index (χ2n) is 9.93. The standard InChI is InChI=1S/C29H37N5O2/c1-4-6-10-22(18-30)19-33-27(35)26-17-25(23-15-13-21(5-2)14-16-23)32-34(26)20-29(33,3)28(36)31-24-11-8-7-9-12-24/h4,6,10,13-18,24H,1,5,7-9,11-12,19-20,30H2,2-3H3,(H,31,36)/b10-6-,22-18+. The lowest BCUT2D eigenvalue weighted by Crippen LogP contribution is -2.65. The number of rotatable bonds is 8. The maximum atomic E-state index is 13.9. The molecule has 0 bridgehead atoms. The Labute approximate surface area is 213 Å². The lowest BCUT2D eigenvalue weighted by molar-refractivity contribution is -0.133. The minimum atomic E-state index is -1.12. The predicted molar refractivity (Wildman–Crippen MR) is 143 cm³/mol. The predicted octanol–water partition coefficient (Wildman–Crippen LogP) is 4.36. The molecule has 2 heterocycles. The van der Waals surface area contributed by atoms with Crippen LogP contribution >= 0.6 is 0 Å². The normalized spacial score (nSPS) is 21.0. The van der Waals surface area contributed by atoms with Crippen LogP contribution in [0.25, 0.3) is 11.3 Å². The Morgan fingerprint density at radius 1 is 1.25 bits per heavy atom. The van der Waals surface area contributed by atoms with Crippen LogP contribution in [0.5, 0.6) is 0 Å². The van der Waals surface area contributed by atoms with Gasteiger partial charge in [-0.25, -0.2) is 0 Å². The van der Waals surface area contributed by atoms with Crippen molar-refractivity contribution in [2.24, 2.45) is 5.73 Å². The van der Waals surface area contributed by atoms with Crippen LogP contribution in [0.4, 0.5) is 0 Å². The number of nitrogens with one attached hydrogen (secondary N) is 1. The van der Waals surface area contributed by atoms with Gasteiger partial charge in [0.15, 0.2) is 0 Å². The Balaban J connectivity index is 1.69. The van der Waals surface area contributed by atoms with E-state index >= 15 is 0 Å². The van der Waals surface area contributed by atoms with Gasteiger partial charge in [0, 0.05) is 18.2 Å². The number of amides is 2. The van der Waals surface area contributed by atoms with Crippen LogP contribution in [0.1, 0.15) is 62.0 Å². The third-order valence-corrected chi connectivity index (χ3v) is 7.39. The monoisotopic (exact) mass is 487 g/mol. The van der Waals surface area contributed by atoms with Crippen molar-refractivity contribution in [1.29, 1.82) is 0 Å². The number of nitrogens with two attached hydrogens (primary N) is 1. The van der Waals surface area contributed by atoms with Crippen molar-refractivity contribution in [3.63, 3.8) is 0 Å². The van der Waals surface area contributed by atoms with Crippen LogP contribution in [0, 0.1) is 0 Å². The smallest absolute Gasteiger partial charge is 0.273 e. The van der Waals surface area contributed by atoms with Crippen molar-refractivity contribution in [3.05, 3.63) is 78.2 Å². The van der Waals surface area contributed by atoms with Crippen LogP contribution in [0.2, 0.25) is 0 Å². The Bertz CT molecular complexity index is 1170. The molecule has 1 unspecified atom stereocenters. The van der Waals surface area contributed by atoms with Crippen molar-refractivity contribution in [2.45, 2.75) is 70.5 Å². The van der Waals surface area contributed by atoms with Crippen LogP contribution < -0.4 is 11.1 Å². The van der Waals surface area contributed by atoms with E-state index in [0.717, 1.165) is 48.9 Å². The van der Waals surface area contributed by atoms with Gasteiger partial charge in [-0.05, 0) is 49.6 Å². The molecule has 1 aromatic heterocycles. The highest BCUT2D eigenvalue weighted by Crippen LogP contribution is 2.31. The first kappa shape index (κ1) is 25.5. The molecule has 7 nitrogen and oxygen atoms in total. The summed E-state index contributed by atoms with van der Waals surface area (Å²) >= 11 is 0. The highest BCUT2D eigenvalue weighted by Gasteiger charge is 2.48. The van der Waals surface area contributed by atoms with E-state index in [1.165, 1.54) is 18.2 Å². The number of carbonyl (C=O) groups excluding carboxylic acids is 2. The molecule has 1 saturated carbocycles. The number of allylic oxidation sites excluding steroid dienone is 2. The summed E-state index contributed by atoms with van der Waals surface area (Å²) in [6.07, 6.45) is 13.0. The maximum Gasteiger partial charge on any atom is 0.273 e. The Hall–Kier alpha value is -3.61. The summed E-state index contributed by atoms with van der Waals surface area (Å²) in [7, 11) is 0. The Morgan fingerprint density at radius 2 is 1.97 bits per heavy atom. The molecule has 1 fully saturated rings. The first-order valence-corrected chi connectivity index (χ1v) is 12.9. The third-order valence-electron chi connectivity index (χ3n) is 7.39. The summed E-state index contributed by atoms with van der Waals surface area (Å²) in [6.45, 7) is 8.13. The summed E-state index contributed by atoms with van der Waals surface area (Å²) in [5.74, 6) is -0.389. The molecule has 1 aromatic carbocycles. The molecule has 2 aliphatic rings. The fraction of sp³-hybridized carbons (Fsp3) is 0.414. The summed E-state index contributed by atoms with van der Waals surface area (Å²) in [4.78, 5) is 29.3. The zero-order valence-electron chi connectivity index (χ0n) is 21.4. The van der Waals surface area contributed by atoms with Gasteiger partial charge >= 0.3 is 0 Å². The molecule has 0 saturated heterocycles. The van der Waals surface area contributed by atoms with E-state index in [0.29, 0.717) is 5.69 Å². The van der Waals surface area contributed by atoms with Gasteiger partial charge in [-0.2, -0.15) is 5.10 Å². The molecule has 190 valence electrons. The molecular formula is C29H37N5O2. The molecule has 0 spiro atoms.